The quantitative estimate of drug-likeness (QED) is 0.818. The summed E-state index contributed by atoms with van der Waals surface area (Å²) in [7, 11) is 1.84. The van der Waals surface area contributed by atoms with Gasteiger partial charge in [0.2, 0.25) is 5.16 Å². The zero-order chi connectivity index (χ0) is 13.7. The van der Waals surface area contributed by atoms with E-state index in [4.69, 9.17) is 0 Å². The number of benzene rings is 1. The van der Waals surface area contributed by atoms with Gasteiger partial charge in [-0.05, 0) is 52.9 Å². The van der Waals surface area contributed by atoms with Crippen LogP contribution in [0.5, 0.6) is 0 Å². The minimum atomic E-state index is 0.787. The van der Waals surface area contributed by atoms with E-state index >= 15 is 0 Å². The largest absolute Gasteiger partial charge is 0.313 e. The van der Waals surface area contributed by atoms with Gasteiger partial charge in [-0.2, -0.15) is 0 Å². The van der Waals surface area contributed by atoms with Crippen molar-refractivity contribution in [1.82, 2.24) is 25.5 Å². The fraction of sp³-hybridized carbons (Fsp3) is 0.417. The first-order valence-electron chi connectivity index (χ1n) is 6.10. The molecule has 0 spiro atoms. The monoisotopic (exact) mass is 341 g/mol. The molecule has 0 atom stereocenters. The topological polar surface area (TPSA) is 55.6 Å². The first-order chi connectivity index (χ1) is 9.20. The smallest absolute Gasteiger partial charge is 0.213 e. The van der Waals surface area contributed by atoms with E-state index < -0.39 is 0 Å². The van der Waals surface area contributed by atoms with E-state index in [9.17, 15) is 0 Å². The highest BCUT2D eigenvalue weighted by Gasteiger charge is 2.09. The van der Waals surface area contributed by atoms with Crippen LogP contribution in [0.15, 0.2) is 32.7 Å². The van der Waals surface area contributed by atoms with E-state index in [-0.39, 0.29) is 0 Å². The molecule has 5 nitrogen and oxygen atoms in total. The standard InChI is InChI=1S/C12H16BrN5S/c1-3-6-14-8-9-4-5-10(13)7-11(9)19-12-15-16-17-18(12)2/h4-5,7,14H,3,6,8H2,1-2H3. The van der Waals surface area contributed by atoms with Crippen molar-refractivity contribution >= 4 is 27.7 Å². The van der Waals surface area contributed by atoms with Gasteiger partial charge >= 0.3 is 0 Å². The number of tetrazole rings is 1. The number of aryl methyl sites for hydroxylation is 1. The number of rotatable bonds is 6. The van der Waals surface area contributed by atoms with E-state index in [1.54, 1.807) is 16.4 Å². The molecule has 102 valence electrons. The van der Waals surface area contributed by atoms with Crippen LogP contribution in [0.4, 0.5) is 0 Å². The van der Waals surface area contributed by atoms with E-state index in [0.29, 0.717) is 0 Å². The summed E-state index contributed by atoms with van der Waals surface area (Å²) in [6.07, 6.45) is 1.13. The summed E-state index contributed by atoms with van der Waals surface area (Å²) in [6, 6.07) is 6.28. The van der Waals surface area contributed by atoms with Gasteiger partial charge in [0, 0.05) is 23.0 Å². The van der Waals surface area contributed by atoms with Gasteiger partial charge in [-0.15, -0.1) is 5.10 Å². The average Bonchev–Trinajstić information content (AvgIpc) is 2.78. The van der Waals surface area contributed by atoms with Crippen molar-refractivity contribution in [2.75, 3.05) is 6.54 Å². The van der Waals surface area contributed by atoms with Crippen molar-refractivity contribution in [2.24, 2.45) is 7.05 Å². The van der Waals surface area contributed by atoms with Gasteiger partial charge in [0.15, 0.2) is 0 Å². The summed E-state index contributed by atoms with van der Waals surface area (Å²) in [5, 5.41) is 15.7. The molecule has 1 N–H and O–H groups in total. The van der Waals surface area contributed by atoms with Crippen molar-refractivity contribution < 1.29 is 0 Å². The number of nitrogens with one attached hydrogen (secondary N) is 1. The van der Waals surface area contributed by atoms with Gasteiger partial charge in [0.1, 0.15) is 0 Å². The van der Waals surface area contributed by atoms with Gasteiger partial charge in [-0.25, -0.2) is 4.68 Å². The SMILES string of the molecule is CCCNCc1ccc(Br)cc1Sc1nnnn1C. The Morgan fingerprint density at radius 3 is 2.95 bits per heavy atom. The Bertz CT molecular complexity index is 543. The molecular formula is C12H16BrN5S. The zero-order valence-electron chi connectivity index (χ0n) is 10.9. The predicted octanol–water partition coefficient (Wildman–Crippen LogP) is 2.62. The molecule has 0 bridgehead atoms. The third-order valence-electron chi connectivity index (χ3n) is 2.55. The number of nitrogens with zero attached hydrogens (tertiary/aromatic N) is 4. The molecular weight excluding hydrogens is 326 g/mol. The van der Waals surface area contributed by atoms with Crippen LogP contribution in [0.2, 0.25) is 0 Å². The number of aromatic nitrogens is 4. The minimum absolute atomic E-state index is 0.787. The normalized spacial score (nSPS) is 10.9. The van der Waals surface area contributed by atoms with Crippen LogP contribution in [-0.4, -0.2) is 26.8 Å². The minimum Gasteiger partial charge on any atom is -0.313 e. The van der Waals surface area contributed by atoms with Crippen LogP contribution in [0.1, 0.15) is 18.9 Å². The molecule has 0 aliphatic carbocycles. The number of hydrogen-bond donors (Lipinski definition) is 1. The lowest BCUT2D eigenvalue weighted by Crippen LogP contribution is -2.14. The van der Waals surface area contributed by atoms with E-state index in [2.05, 4.69) is 61.9 Å². The highest BCUT2D eigenvalue weighted by atomic mass is 79.9. The molecule has 0 saturated heterocycles. The first kappa shape index (κ1) is 14.5. The Kier molecular flexibility index (Phi) is 5.35. The maximum atomic E-state index is 4.01. The van der Waals surface area contributed by atoms with Crippen LogP contribution in [0, 0.1) is 0 Å². The molecule has 1 aromatic heterocycles. The van der Waals surface area contributed by atoms with E-state index in [0.717, 1.165) is 34.0 Å². The second kappa shape index (κ2) is 7.02. The molecule has 0 aliphatic heterocycles. The molecule has 19 heavy (non-hydrogen) atoms. The zero-order valence-corrected chi connectivity index (χ0v) is 13.3. The van der Waals surface area contributed by atoms with Crippen molar-refractivity contribution in [3.05, 3.63) is 28.2 Å². The summed E-state index contributed by atoms with van der Waals surface area (Å²) in [5.41, 5.74) is 1.25. The summed E-state index contributed by atoms with van der Waals surface area (Å²) in [6.45, 7) is 4.04. The van der Waals surface area contributed by atoms with Crippen LogP contribution < -0.4 is 5.32 Å². The first-order valence-corrected chi connectivity index (χ1v) is 7.71. The Morgan fingerprint density at radius 2 is 2.26 bits per heavy atom. The van der Waals surface area contributed by atoms with Crippen molar-refractivity contribution in [1.29, 1.82) is 0 Å². The molecule has 2 aromatic rings. The molecule has 1 heterocycles. The van der Waals surface area contributed by atoms with Gasteiger partial charge < -0.3 is 5.32 Å². The summed E-state index contributed by atoms with van der Waals surface area (Å²) < 4.78 is 2.74. The van der Waals surface area contributed by atoms with E-state index in [1.165, 1.54) is 5.56 Å². The average molecular weight is 342 g/mol. The molecule has 2 rings (SSSR count). The number of hydrogen-bond acceptors (Lipinski definition) is 5. The summed E-state index contributed by atoms with van der Waals surface area (Å²) in [4.78, 5) is 1.16. The van der Waals surface area contributed by atoms with Crippen LogP contribution in [0.25, 0.3) is 0 Å². The second-order valence-electron chi connectivity index (χ2n) is 4.12. The summed E-state index contributed by atoms with van der Waals surface area (Å²) in [5.74, 6) is 0. The maximum Gasteiger partial charge on any atom is 0.213 e. The lowest BCUT2D eigenvalue weighted by Gasteiger charge is -2.09. The van der Waals surface area contributed by atoms with Crippen LogP contribution in [0.3, 0.4) is 0 Å². The lowest BCUT2D eigenvalue weighted by atomic mass is 10.2. The summed E-state index contributed by atoms with van der Waals surface area (Å²) >= 11 is 5.09. The Balaban J connectivity index is 2.17. The molecule has 0 fully saturated rings. The Morgan fingerprint density at radius 1 is 1.42 bits per heavy atom. The lowest BCUT2D eigenvalue weighted by molar-refractivity contribution is 0.661. The molecule has 1 aromatic carbocycles. The maximum absolute atomic E-state index is 4.01. The van der Waals surface area contributed by atoms with Gasteiger partial charge in [-0.1, -0.05) is 28.9 Å². The Labute approximate surface area is 125 Å². The van der Waals surface area contributed by atoms with Gasteiger partial charge in [0.05, 0.1) is 0 Å². The molecule has 0 saturated carbocycles. The fourth-order valence-corrected chi connectivity index (χ4v) is 2.99. The van der Waals surface area contributed by atoms with Crippen molar-refractivity contribution in [2.45, 2.75) is 29.9 Å². The fourth-order valence-electron chi connectivity index (χ4n) is 1.58. The second-order valence-corrected chi connectivity index (χ2v) is 6.04. The molecule has 0 radical (unpaired) electrons. The van der Waals surface area contributed by atoms with Gasteiger partial charge in [0.25, 0.3) is 0 Å². The number of halogens is 1. The highest BCUT2D eigenvalue weighted by Crippen LogP contribution is 2.30. The predicted molar refractivity (Wildman–Crippen MR) is 79.1 cm³/mol. The van der Waals surface area contributed by atoms with E-state index in [1.807, 2.05) is 7.05 Å². The molecule has 0 amide bonds. The third-order valence-corrected chi connectivity index (χ3v) is 4.18. The Hall–Kier alpha value is -0.920. The molecule has 0 aliphatic rings. The third kappa shape index (κ3) is 4.02. The molecule has 0 unspecified atom stereocenters. The highest BCUT2D eigenvalue weighted by molar-refractivity contribution is 9.10. The van der Waals surface area contributed by atoms with Gasteiger partial charge in [-0.3, -0.25) is 0 Å². The molecule has 7 heteroatoms. The van der Waals surface area contributed by atoms with Crippen molar-refractivity contribution in [3.63, 3.8) is 0 Å². The van der Waals surface area contributed by atoms with Crippen molar-refractivity contribution in [3.8, 4) is 0 Å². The van der Waals surface area contributed by atoms with Crippen LogP contribution in [-0.2, 0) is 13.6 Å². The van der Waals surface area contributed by atoms with Crippen LogP contribution >= 0.6 is 27.7 Å².